The SMILES string of the molecule is Cn1ccc(C(=O)NCCOc2cccc(Br)c2)cc1=O. The Balaban J connectivity index is 1.81. The smallest absolute Gasteiger partial charge is 0.251 e. The van der Waals surface area contributed by atoms with Gasteiger partial charge in [0.15, 0.2) is 0 Å². The lowest BCUT2D eigenvalue weighted by molar-refractivity contribution is 0.0946. The van der Waals surface area contributed by atoms with Crippen LogP contribution in [0, 0.1) is 0 Å². The van der Waals surface area contributed by atoms with Crippen LogP contribution in [0.1, 0.15) is 10.4 Å². The number of hydrogen-bond donors (Lipinski definition) is 1. The first-order valence-electron chi connectivity index (χ1n) is 6.39. The van der Waals surface area contributed by atoms with E-state index in [1.54, 1.807) is 19.3 Å². The summed E-state index contributed by atoms with van der Waals surface area (Å²) in [5.74, 6) is 0.442. The zero-order valence-corrected chi connectivity index (χ0v) is 13.1. The van der Waals surface area contributed by atoms with Crippen molar-refractivity contribution >= 4 is 21.8 Å². The first kappa shape index (κ1) is 15.3. The molecule has 0 fully saturated rings. The molecule has 0 spiro atoms. The topological polar surface area (TPSA) is 60.3 Å². The first-order valence-corrected chi connectivity index (χ1v) is 7.19. The van der Waals surface area contributed by atoms with Crippen molar-refractivity contribution in [2.24, 2.45) is 7.05 Å². The van der Waals surface area contributed by atoms with Crippen LogP contribution in [0.3, 0.4) is 0 Å². The highest BCUT2D eigenvalue weighted by atomic mass is 79.9. The van der Waals surface area contributed by atoms with Gasteiger partial charge in [-0.2, -0.15) is 0 Å². The van der Waals surface area contributed by atoms with Crippen LogP contribution in [0.4, 0.5) is 0 Å². The monoisotopic (exact) mass is 350 g/mol. The average Bonchev–Trinajstić information content (AvgIpc) is 2.46. The van der Waals surface area contributed by atoms with Crippen molar-refractivity contribution in [1.29, 1.82) is 0 Å². The van der Waals surface area contributed by atoms with Gasteiger partial charge < -0.3 is 14.6 Å². The van der Waals surface area contributed by atoms with E-state index in [1.807, 2.05) is 24.3 Å². The quantitative estimate of drug-likeness (QED) is 0.838. The largest absolute Gasteiger partial charge is 0.492 e. The molecule has 110 valence electrons. The summed E-state index contributed by atoms with van der Waals surface area (Å²) >= 11 is 3.36. The lowest BCUT2D eigenvalue weighted by atomic mass is 10.2. The van der Waals surface area contributed by atoms with Gasteiger partial charge >= 0.3 is 0 Å². The van der Waals surface area contributed by atoms with E-state index in [1.165, 1.54) is 10.6 Å². The predicted molar refractivity (Wildman–Crippen MR) is 83.7 cm³/mol. The highest BCUT2D eigenvalue weighted by Gasteiger charge is 2.06. The molecular formula is C15H15BrN2O3. The molecule has 21 heavy (non-hydrogen) atoms. The number of nitrogens with one attached hydrogen (secondary N) is 1. The van der Waals surface area contributed by atoms with Crippen molar-refractivity contribution in [3.05, 3.63) is 63.0 Å². The number of carbonyl (C=O) groups is 1. The molecule has 0 bridgehead atoms. The first-order chi connectivity index (χ1) is 10.1. The lowest BCUT2D eigenvalue weighted by Gasteiger charge is -2.08. The number of hydrogen-bond acceptors (Lipinski definition) is 3. The molecule has 0 aliphatic carbocycles. The van der Waals surface area contributed by atoms with Crippen molar-refractivity contribution in [2.45, 2.75) is 0 Å². The van der Waals surface area contributed by atoms with E-state index in [9.17, 15) is 9.59 Å². The van der Waals surface area contributed by atoms with Gasteiger partial charge in [-0.15, -0.1) is 0 Å². The molecule has 2 rings (SSSR count). The maximum absolute atomic E-state index is 11.9. The van der Waals surface area contributed by atoms with E-state index in [0.29, 0.717) is 18.7 Å². The van der Waals surface area contributed by atoms with Crippen LogP contribution in [0.15, 0.2) is 51.9 Å². The third kappa shape index (κ3) is 4.46. The van der Waals surface area contributed by atoms with Gasteiger partial charge in [-0.3, -0.25) is 9.59 Å². The van der Waals surface area contributed by atoms with Crippen molar-refractivity contribution in [2.75, 3.05) is 13.2 Å². The maximum Gasteiger partial charge on any atom is 0.251 e. The normalized spacial score (nSPS) is 10.2. The van der Waals surface area contributed by atoms with Gasteiger partial charge in [0.05, 0.1) is 6.54 Å². The fraction of sp³-hybridized carbons (Fsp3) is 0.200. The van der Waals surface area contributed by atoms with E-state index in [0.717, 1.165) is 10.2 Å². The van der Waals surface area contributed by atoms with Gasteiger partial charge in [-0.05, 0) is 24.3 Å². The van der Waals surface area contributed by atoms with E-state index in [4.69, 9.17) is 4.74 Å². The molecule has 0 unspecified atom stereocenters. The van der Waals surface area contributed by atoms with Gasteiger partial charge in [0.1, 0.15) is 12.4 Å². The minimum Gasteiger partial charge on any atom is -0.492 e. The second-order valence-electron chi connectivity index (χ2n) is 4.43. The number of ether oxygens (including phenoxy) is 1. The molecule has 0 aliphatic heterocycles. The van der Waals surface area contributed by atoms with Crippen LogP contribution < -0.4 is 15.6 Å². The number of pyridine rings is 1. The number of halogens is 1. The standard InChI is InChI=1S/C15H15BrN2O3/c1-18-7-5-11(9-14(18)19)15(20)17-6-8-21-13-4-2-3-12(16)10-13/h2-5,7,9-10H,6,8H2,1H3,(H,17,20). The molecule has 0 saturated heterocycles. The zero-order valence-electron chi connectivity index (χ0n) is 11.5. The Bertz CT molecular complexity index is 697. The molecule has 1 heterocycles. The average molecular weight is 351 g/mol. The molecule has 2 aromatic rings. The number of nitrogens with zero attached hydrogens (tertiary/aromatic N) is 1. The van der Waals surface area contributed by atoms with Crippen LogP contribution in [-0.2, 0) is 7.05 Å². The Morgan fingerprint density at radius 3 is 2.86 bits per heavy atom. The van der Waals surface area contributed by atoms with Crippen molar-refractivity contribution in [3.63, 3.8) is 0 Å². The molecule has 6 heteroatoms. The summed E-state index contributed by atoms with van der Waals surface area (Å²) in [7, 11) is 1.63. The van der Waals surface area contributed by atoms with Gasteiger partial charge in [0.25, 0.3) is 11.5 Å². The zero-order chi connectivity index (χ0) is 15.2. The fourth-order valence-corrected chi connectivity index (χ4v) is 2.06. The van der Waals surface area contributed by atoms with Gasteiger partial charge in [-0.1, -0.05) is 22.0 Å². The molecule has 0 aliphatic rings. The number of carbonyl (C=O) groups excluding carboxylic acids is 1. The van der Waals surface area contributed by atoms with Gasteiger partial charge in [-0.25, -0.2) is 0 Å². The minimum absolute atomic E-state index is 0.215. The van der Waals surface area contributed by atoms with E-state index in [2.05, 4.69) is 21.2 Å². The summed E-state index contributed by atoms with van der Waals surface area (Å²) < 4.78 is 7.85. The Hall–Kier alpha value is -2.08. The van der Waals surface area contributed by atoms with E-state index >= 15 is 0 Å². The Kier molecular flexibility index (Phi) is 5.16. The molecule has 0 saturated carbocycles. The molecule has 1 aromatic carbocycles. The van der Waals surface area contributed by atoms with Crippen molar-refractivity contribution < 1.29 is 9.53 Å². The second kappa shape index (κ2) is 7.08. The summed E-state index contributed by atoms with van der Waals surface area (Å²) in [5.41, 5.74) is 0.133. The second-order valence-corrected chi connectivity index (χ2v) is 5.34. The summed E-state index contributed by atoms with van der Waals surface area (Å²) in [5, 5.41) is 2.71. The van der Waals surface area contributed by atoms with Gasteiger partial charge in [0, 0.05) is 29.3 Å². The van der Waals surface area contributed by atoms with Crippen LogP contribution in [-0.4, -0.2) is 23.6 Å². The molecule has 1 N–H and O–H groups in total. The van der Waals surface area contributed by atoms with Crippen LogP contribution in [0.5, 0.6) is 5.75 Å². The maximum atomic E-state index is 11.9. The Labute approximate surface area is 130 Å². The highest BCUT2D eigenvalue weighted by Crippen LogP contribution is 2.17. The molecule has 1 aromatic heterocycles. The van der Waals surface area contributed by atoms with Crippen LogP contribution in [0.25, 0.3) is 0 Å². The fourth-order valence-electron chi connectivity index (χ4n) is 1.68. The van der Waals surface area contributed by atoms with Crippen LogP contribution in [0.2, 0.25) is 0 Å². The minimum atomic E-state index is -0.287. The Morgan fingerprint density at radius 2 is 2.14 bits per heavy atom. The van der Waals surface area contributed by atoms with Gasteiger partial charge in [0.2, 0.25) is 0 Å². The third-order valence-corrected chi connectivity index (χ3v) is 3.31. The van der Waals surface area contributed by atoms with E-state index in [-0.39, 0.29) is 11.5 Å². The summed E-state index contributed by atoms with van der Waals surface area (Å²) in [6, 6.07) is 10.4. The number of aryl methyl sites for hydroxylation is 1. The lowest BCUT2D eigenvalue weighted by Crippen LogP contribution is -2.29. The predicted octanol–water partition coefficient (Wildman–Crippen LogP) is 1.96. The summed E-state index contributed by atoms with van der Waals surface area (Å²) in [6.07, 6.45) is 1.56. The van der Waals surface area contributed by atoms with E-state index < -0.39 is 0 Å². The molecular weight excluding hydrogens is 336 g/mol. The Morgan fingerprint density at radius 1 is 1.33 bits per heavy atom. The number of amides is 1. The molecule has 1 amide bonds. The molecule has 0 atom stereocenters. The number of rotatable bonds is 5. The van der Waals surface area contributed by atoms with Crippen molar-refractivity contribution in [1.82, 2.24) is 9.88 Å². The molecule has 5 nitrogen and oxygen atoms in total. The highest BCUT2D eigenvalue weighted by molar-refractivity contribution is 9.10. The third-order valence-electron chi connectivity index (χ3n) is 2.82. The number of aromatic nitrogens is 1. The van der Waals surface area contributed by atoms with Crippen LogP contribution >= 0.6 is 15.9 Å². The van der Waals surface area contributed by atoms with Crippen molar-refractivity contribution in [3.8, 4) is 5.75 Å². The summed E-state index contributed by atoms with van der Waals surface area (Å²) in [6.45, 7) is 0.716. The number of benzene rings is 1. The molecule has 0 radical (unpaired) electrons. The summed E-state index contributed by atoms with van der Waals surface area (Å²) in [4.78, 5) is 23.3.